The minimum absolute atomic E-state index is 0.207. The molecule has 0 aliphatic carbocycles. The highest BCUT2D eigenvalue weighted by Crippen LogP contribution is 2.46. The van der Waals surface area contributed by atoms with Crippen molar-refractivity contribution in [1.82, 2.24) is 14.6 Å². The van der Waals surface area contributed by atoms with Crippen molar-refractivity contribution in [3.8, 4) is 5.75 Å². The van der Waals surface area contributed by atoms with Gasteiger partial charge in [0.1, 0.15) is 11.8 Å². The zero-order valence-electron chi connectivity index (χ0n) is 18.9. The maximum atomic E-state index is 13.5. The van der Waals surface area contributed by atoms with Gasteiger partial charge in [0.2, 0.25) is 0 Å². The van der Waals surface area contributed by atoms with Gasteiger partial charge >= 0.3 is 19.4 Å². The second-order valence-electron chi connectivity index (χ2n) is 7.95. The van der Waals surface area contributed by atoms with E-state index in [2.05, 4.69) is 10.1 Å². The van der Waals surface area contributed by atoms with Crippen molar-refractivity contribution in [3.63, 3.8) is 0 Å². The van der Waals surface area contributed by atoms with Gasteiger partial charge in [0, 0.05) is 12.3 Å². The highest BCUT2D eigenvalue weighted by molar-refractivity contribution is 7.52. The van der Waals surface area contributed by atoms with E-state index in [-0.39, 0.29) is 24.9 Å². The third kappa shape index (κ3) is 7.04. The topological polar surface area (TPSA) is 138 Å². The number of esters is 1. The van der Waals surface area contributed by atoms with Crippen LogP contribution in [0.15, 0.2) is 52.2 Å². The van der Waals surface area contributed by atoms with E-state index < -0.39 is 48.7 Å². The smallest absolute Gasteiger partial charge is 0.459 e. The SMILES string of the molecule is CC(C)OC(=O)[C@@H](C)NP(=O)(OC[C@@H]1C[C@H](Cl)[C@H](n2ccc(=O)[nH]c2=O)O1)Oc1ccccc1. The number of rotatable bonds is 10. The van der Waals surface area contributed by atoms with Gasteiger partial charge in [-0.2, -0.15) is 5.09 Å². The molecular weight excluding hydrogens is 489 g/mol. The van der Waals surface area contributed by atoms with Gasteiger partial charge in [0.15, 0.2) is 6.23 Å². The maximum absolute atomic E-state index is 13.5. The highest BCUT2D eigenvalue weighted by atomic mass is 35.5. The summed E-state index contributed by atoms with van der Waals surface area (Å²) in [4.78, 5) is 37.8. The van der Waals surface area contributed by atoms with Crippen LogP contribution in [-0.2, 0) is 23.4 Å². The molecule has 0 radical (unpaired) electrons. The number of hydrogen-bond acceptors (Lipinski definition) is 8. The Kier molecular flexibility index (Phi) is 8.72. The first-order chi connectivity index (χ1) is 16.1. The zero-order chi connectivity index (χ0) is 24.9. The molecule has 0 saturated carbocycles. The van der Waals surface area contributed by atoms with E-state index in [4.69, 9.17) is 30.1 Å². The predicted octanol–water partition coefficient (Wildman–Crippen LogP) is 2.56. The lowest BCUT2D eigenvalue weighted by Gasteiger charge is -2.24. The number of hydrogen-bond donors (Lipinski definition) is 2. The van der Waals surface area contributed by atoms with Crippen molar-refractivity contribution in [2.75, 3.05) is 6.61 Å². The number of ether oxygens (including phenoxy) is 2. The summed E-state index contributed by atoms with van der Waals surface area (Å²) >= 11 is 6.36. The fraction of sp³-hybridized carbons (Fsp3) is 0.476. The van der Waals surface area contributed by atoms with Crippen molar-refractivity contribution >= 4 is 25.3 Å². The van der Waals surface area contributed by atoms with Crippen LogP contribution in [0.25, 0.3) is 0 Å². The molecule has 0 amide bonds. The summed E-state index contributed by atoms with van der Waals surface area (Å²) in [6, 6.07) is 8.53. The summed E-state index contributed by atoms with van der Waals surface area (Å²) in [5, 5.41) is 1.98. The van der Waals surface area contributed by atoms with Crippen LogP contribution in [0, 0.1) is 0 Å². The van der Waals surface area contributed by atoms with Crippen molar-refractivity contribution < 1.29 is 27.9 Å². The minimum Gasteiger partial charge on any atom is -0.462 e. The van der Waals surface area contributed by atoms with Crippen LogP contribution < -0.4 is 20.9 Å². The Morgan fingerprint density at radius 3 is 2.62 bits per heavy atom. The number of nitrogens with zero attached hydrogens (tertiary/aromatic N) is 1. The molecule has 186 valence electrons. The first-order valence-corrected chi connectivity index (χ1v) is 12.6. The van der Waals surface area contributed by atoms with E-state index in [0.29, 0.717) is 0 Å². The third-order valence-electron chi connectivity index (χ3n) is 4.71. The minimum atomic E-state index is -4.06. The molecule has 1 aromatic heterocycles. The number of benzene rings is 1. The number of aromatic nitrogens is 2. The number of aromatic amines is 1. The number of halogens is 1. The number of alkyl halides is 1. The molecule has 0 spiro atoms. The largest absolute Gasteiger partial charge is 0.462 e. The summed E-state index contributed by atoms with van der Waals surface area (Å²) in [6.45, 7) is 4.67. The van der Waals surface area contributed by atoms with Gasteiger partial charge in [0.25, 0.3) is 5.56 Å². The summed E-state index contributed by atoms with van der Waals surface area (Å²) in [5.41, 5.74) is -1.21. The maximum Gasteiger partial charge on any atom is 0.459 e. The lowest BCUT2D eigenvalue weighted by Crippen LogP contribution is -2.36. The average molecular weight is 516 g/mol. The standard InChI is InChI=1S/C21H27ClN3O8P/c1-13(2)31-20(27)14(3)24-34(29,33-15-7-5-4-6-8-15)30-12-16-11-17(22)19(32-16)25-10-9-18(26)23-21(25)28/h4-10,13-14,16-17,19H,11-12H2,1-3H3,(H,24,29)(H,23,26,28)/t14-,16+,17+,19-,34?/m1/s1. The lowest BCUT2D eigenvalue weighted by molar-refractivity contribution is -0.149. The van der Waals surface area contributed by atoms with Gasteiger partial charge in [-0.25, -0.2) is 9.36 Å². The highest BCUT2D eigenvalue weighted by Gasteiger charge is 2.39. The van der Waals surface area contributed by atoms with Gasteiger partial charge < -0.3 is 14.0 Å². The molecule has 3 rings (SSSR count). The van der Waals surface area contributed by atoms with E-state index in [1.54, 1.807) is 44.2 Å². The van der Waals surface area contributed by atoms with Gasteiger partial charge in [-0.1, -0.05) is 18.2 Å². The van der Waals surface area contributed by atoms with Crippen LogP contribution >= 0.6 is 19.3 Å². The molecule has 1 fully saturated rings. The molecular formula is C21H27ClN3O8P. The fourth-order valence-electron chi connectivity index (χ4n) is 3.20. The molecule has 34 heavy (non-hydrogen) atoms. The molecule has 1 aliphatic rings. The van der Waals surface area contributed by atoms with Crippen molar-refractivity contribution in [2.24, 2.45) is 0 Å². The number of carbonyl (C=O) groups excluding carboxylic acids is 1. The average Bonchev–Trinajstić information content (AvgIpc) is 3.13. The number of para-hydroxylation sites is 1. The summed E-state index contributed by atoms with van der Waals surface area (Å²) < 4.78 is 36.9. The molecule has 11 nitrogen and oxygen atoms in total. The molecule has 13 heteroatoms. The summed E-state index contributed by atoms with van der Waals surface area (Å²) in [5.74, 6) is -0.353. The molecule has 0 bridgehead atoms. The second-order valence-corrected chi connectivity index (χ2v) is 10.2. The van der Waals surface area contributed by atoms with E-state index in [9.17, 15) is 18.9 Å². The summed E-state index contributed by atoms with van der Waals surface area (Å²) in [6.07, 6.45) is -0.292. The third-order valence-corrected chi connectivity index (χ3v) is 6.75. The molecule has 2 aromatic rings. The molecule has 2 heterocycles. The Morgan fingerprint density at radius 1 is 1.26 bits per heavy atom. The van der Waals surface area contributed by atoms with Crippen molar-refractivity contribution in [3.05, 3.63) is 63.4 Å². The quantitative estimate of drug-likeness (QED) is 0.278. The Bertz CT molecular complexity index is 1140. The van der Waals surface area contributed by atoms with Gasteiger partial charge in [-0.05, 0) is 39.3 Å². The monoisotopic (exact) mass is 515 g/mol. The molecule has 2 N–H and O–H groups in total. The molecule has 1 aromatic carbocycles. The van der Waals surface area contributed by atoms with Crippen LogP contribution in [0.3, 0.4) is 0 Å². The number of nitrogens with one attached hydrogen (secondary N) is 2. The summed E-state index contributed by atoms with van der Waals surface area (Å²) in [7, 11) is -4.06. The normalized spacial score (nSPS) is 22.8. The number of carbonyl (C=O) groups is 1. The van der Waals surface area contributed by atoms with Crippen LogP contribution in [0.5, 0.6) is 5.75 Å². The Balaban J connectivity index is 1.71. The Morgan fingerprint density at radius 2 is 1.97 bits per heavy atom. The Labute approximate surface area is 200 Å². The van der Waals surface area contributed by atoms with Crippen LogP contribution in [0.2, 0.25) is 0 Å². The van der Waals surface area contributed by atoms with Crippen molar-refractivity contribution in [2.45, 2.75) is 57.0 Å². The number of H-pyrrole nitrogens is 1. The van der Waals surface area contributed by atoms with Crippen LogP contribution in [0.1, 0.15) is 33.4 Å². The first-order valence-electron chi connectivity index (χ1n) is 10.6. The molecule has 1 aliphatic heterocycles. The van der Waals surface area contributed by atoms with Gasteiger partial charge in [-0.3, -0.25) is 23.7 Å². The predicted molar refractivity (Wildman–Crippen MR) is 124 cm³/mol. The van der Waals surface area contributed by atoms with Gasteiger partial charge in [0.05, 0.1) is 24.2 Å². The first kappa shape index (κ1) is 26.2. The Hall–Kier alpha value is -2.43. The molecule has 1 unspecified atom stereocenters. The van der Waals surface area contributed by atoms with Crippen LogP contribution in [-0.4, -0.2) is 45.8 Å². The lowest BCUT2D eigenvalue weighted by atomic mass is 10.2. The molecule has 1 saturated heterocycles. The van der Waals surface area contributed by atoms with E-state index in [1.807, 2.05) is 0 Å². The van der Waals surface area contributed by atoms with Crippen LogP contribution in [0.4, 0.5) is 0 Å². The zero-order valence-corrected chi connectivity index (χ0v) is 20.5. The van der Waals surface area contributed by atoms with Crippen molar-refractivity contribution in [1.29, 1.82) is 0 Å². The molecule has 5 atom stereocenters. The van der Waals surface area contributed by atoms with Gasteiger partial charge in [-0.15, -0.1) is 11.6 Å². The van der Waals surface area contributed by atoms with E-state index in [1.165, 1.54) is 23.8 Å². The fourth-order valence-corrected chi connectivity index (χ4v) is 5.10. The van der Waals surface area contributed by atoms with E-state index in [0.717, 1.165) is 0 Å². The van der Waals surface area contributed by atoms with E-state index >= 15 is 0 Å². The second kappa shape index (κ2) is 11.3.